The predicted molar refractivity (Wildman–Crippen MR) is 98.4 cm³/mol. The minimum absolute atomic E-state index is 0.0677. The molecule has 1 atom stereocenters. The Morgan fingerprint density at radius 1 is 1.39 bits per heavy atom. The predicted octanol–water partition coefficient (Wildman–Crippen LogP) is 3.76. The van der Waals surface area contributed by atoms with Crippen LogP contribution in [0.5, 0.6) is 5.88 Å². The lowest BCUT2D eigenvalue weighted by Crippen LogP contribution is -2.20. The van der Waals surface area contributed by atoms with E-state index < -0.39 is 10.8 Å². The maximum Gasteiger partial charge on any atom is 0.281 e. The number of halogens is 1. The maximum absolute atomic E-state index is 11.4. The van der Waals surface area contributed by atoms with Crippen molar-refractivity contribution < 1.29 is 14.1 Å². The number of ether oxygens (including phenoxy) is 1. The van der Waals surface area contributed by atoms with Gasteiger partial charge in [0.15, 0.2) is 0 Å². The molecule has 0 fully saturated rings. The number of nitrogens with one attached hydrogen (secondary N) is 1. The Morgan fingerprint density at radius 3 is 2.89 bits per heavy atom. The van der Waals surface area contributed by atoms with E-state index >= 15 is 0 Å². The summed E-state index contributed by atoms with van der Waals surface area (Å²) >= 11 is 5.88. The quantitative estimate of drug-likeness (QED) is 0.505. The number of benzene rings is 1. The lowest BCUT2D eigenvalue weighted by molar-refractivity contribution is -0.384. The van der Waals surface area contributed by atoms with Crippen LogP contribution in [0.2, 0.25) is 5.02 Å². The fraction of sp³-hybridized carbons (Fsp3) is 0.111. The molecule has 3 aromatic rings. The van der Waals surface area contributed by atoms with E-state index in [4.69, 9.17) is 26.5 Å². The Labute approximate surface area is 163 Å². The number of nitro benzene ring substituents is 1. The van der Waals surface area contributed by atoms with Crippen molar-refractivity contribution in [3.05, 3.63) is 73.9 Å². The number of nitriles is 1. The van der Waals surface area contributed by atoms with Gasteiger partial charge in [-0.1, -0.05) is 11.6 Å². The van der Waals surface area contributed by atoms with Crippen LogP contribution in [0.3, 0.4) is 0 Å². The highest BCUT2D eigenvalue weighted by atomic mass is 35.5. The van der Waals surface area contributed by atoms with E-state index in [1.54, 1.807) is 19.1 Å². The molecule has 0 amide bonds. The molecule has 0 bridgehead atoms. The summed E-state index contributed by atoms with van der Waals surface area (Å²) in [6.07, 6.45) is 0. The SMILES string of the molecule is Cc1[nH]nc2c1C(c1ccc(-c3ccc(Cl)cc3[N+](=O)[O-])o1)C(C#N)=C(N)O2. The van der Waals surface area contributed by atoms with E-state index in [1.165, 1.54) is 18.2 Å². The smallest absolute Gasteiger partial charge is 0.281 e. The van der Waals surface area contributed by atoms with Gasteiger partial charge in [-0.2, -0.15) is 5.26 Å². The Hall–Kier alpha value is -3.77. The number of aromatic nitrogens is 2. The van der Waals surface area contributed by atoms with Gasteiger partial charge in [-0.15, -0.1) is 5.10 Å². The number of hydrogen-bond acceptors (Lipinski definition) is 7. The number of hydrogen-bond donors (Lipinski definition) is 2. The number of furan rings is 1. The molecule has 0 spiro atoms. The van der Waals surface area contributed by atoms with E-state index in [0.717, 1.165) is 0 Å². The molecule has 1 aliphatic rings. The average molecular weight is 398 g/mol. The monoisotopic (exact) mass is 397 g/mol. The number of aryl methyl sites for hydroxylation is 1. The Bertz CT molecular complexity index is 1190. The molecule has 4 rings (SSSR count). The zero-order valence-corrected chi connectivity index (χ0v) is 15.1. The van der Waals surface area contributed by atoms with Crippen LogP contribution in [0, 0.1) is 28.4 Å². The molecule has 2 aromatic heterocycles. The van der Waals surface area contributed by atoms with Crippen molar-refractivity contribution in [2.24, 2.45) is 5.73 Å². The minimum atomic E-state index is -0.646. The molecule has 10 heteroatoms. The van der Waals surface area contributed by atoms with E-state index in [9.17, 15) is 15.4 Å². The van der Waals surface area contributed by atoms with Crippen molar-refractivity contribution >= 4 is 17.3 Å². The fourth-order valence-electron chi connectivity index (χ4n) is 3.20. The van der Waals surface area contributed by atoms with Gasteiger partial charge in [-0.25, -0.2) is 0 Å². The summed E-state index contributed by atoms with van der Waals surface area (Å²) in [4.78, 5) is 10.8. The largest absolute Gasteiger partial charge is 0.460 e. The first-order valence-electron chi connectivity index (χ1n) is 8.07. The summed E-state index contributed by atoms with van der Waals surface area (Å²) in [6, 6.07) is 9.59. The van der Waals surface area contributed by atoms with Crippen LogP contribution in [-0.4, -0.2) is 15.1 Å². The van der Waals surface area contributed by atoms with Crippen molar-refractivity contribution in [3.63, 3.8) is 0 Å². The number of nitrogens with zero attached hydrogens (tertiary/aromatic N) is 3. The van der Waals surface area contributed by atoms with Gasteiger partial charge in [0.25, 0.3) is 5.69 Å². The molecule has 3 N–H and O–H groups in total. The molecule has 28 heavy (non-hydrogen) atoms. The topological polar surface area (TPSA) is 144 Å². The number of allylic oxidation sites excluding steroid dienone is 1. The number of aromatic amines is 1. The first-order valence-corrected chi connectivity index (χ1v) is 8.45. The van der Waals surface area contributed by atoms with Crippen LogP contribution in [0.15, 0.2) is 46.2 Å². The molecular weight excluding hydrogens is 386 g/mol. The molecule has 0 saturated carbocycles. The number of nitro groups is 1. The van der Waals surface area contributed by atoms with Crippen LogP contribution >= 0.6 is 11.6 Å². The molecular formula is C18H12ClN5O4. The summed E-state index contributed by atoms with van der Waals surface area (Å²) in [5.74, 6) is 0.195. The second-order valence-electron chi connectivity index (χ2n) is 6.11. The molecule has 0 saturated heterocycles. The van der Waals surface area contributed by atoms with Gasteiger partial charge in [0.1, 0.15) is 23.2 Å². The van der Waals surface area contributed by atoms with E-state index in [2.05, 4.69) is 10.2 Å². The Morgan fingerprint density at radius 2 is 2.18 bits per heavy atom. The van der Waals surface area contributed by atoms with Crippen LogP contribution in [-0.2, 0) is 0 Å². The lowest BCUT2D eigenvalue weighted by Gasteiger charge is -2.21. The van der Waals surface area contributed by atoms with Gasteiger partial charge in [0, 0.05) is 16.8 Å². The van der Waals surface area contributed by atoms with E-state index in [-0.39, 0.29) is 39.4 Å². The third kappa shape index (κ3) is 2.67. The summed E-state index contributed by atoms with van der Waals surface area (Å²) < 4.78 is 11.3. The van der Waals surface area contributed by atoms with Crippen molar-refractivity contribution in [2.75, 3.05) is 0 Å². The normalized spacial score (nSPS) is 15.7. The van der Waals surface area contributed by atoms with Crippen molar-refractivity contribution in [1.29, 1.82) is 5.26 Å². The molecule has 3 heterocycles. The molecule has 9 nitrogen and oxygen atoms in total. The van der Waals surface area contributed by atoms with Crippen LogP contribution in [0.4, 0.5) is 5.69 Å². The first kappa shape index (κ1) is 17.6. The van der Waals surface area contributed by atoms with E-state index in [1.807, 2.05) is 6.07 Å². The number of H-pyrrole nitrogens is 1. The van der Waals surface area contributed by atoms with Gasteiger partial charge in [0.2, 0.25) is 11.8 Å². The van der Waals surface area contributed by atoms with Gasteiger partial charge in [-0.05, 0) is 31.2 Å². The minimum Gasteiger partial charge on any atom is -0.460 e. The second-order valence-corrected chi connectivity index (χ2v) is 6.55. The fourth-order valence-corrected chi connectivity index (χ4v) is 3.37. The van der Waals surface area contributed by atoms with E-state index in [0.29, 0.717) is 17.0 Å². The Kier molecular flexibility index (Phi) is 4.05. The second kappa shape index (κ2) is 6.44. The highest BCUT2D eigenvalue weighted by molar-refractivity contribution is 6.30. The van der Waals surface area contributed by atoms with Gasteiger partial charge in [-0.3, -0.25) is 15.2 Å². The molecule has 0 aliphatic carbocycles. The molecule has 1 unspecified atom stereocenters. The van der Waals surface area contributed by atoms with Crippen LogP contribution in [0.1, 0.15) is 22.9 Å². The highest BCUT2D eigenvalue weighted by Gasteiger charge is 2.36. The molecule has 140 valence electrons. The average Bonchev–Trinajstić information content (AvgIpc) is 3.28. The summed E-state index contributed by atoms with van der Waals surface area (Å²) in [7, 11) is 0. The van der Waals surface area contributed by atoms with Crippen LogP contribution in [0.25, 0.3) is 11.3 Å². The third-order valence-electron chi connectivity index (χ3n) is 4.46. The van der Waals surface area contributed by atoms with Gasteiger partial charge >= 0.3 is 0 Å². The zero-order valence-electron chi connectivity index (χ0n) is 14.4. The zero-order chi connectivity index (χ0) is 20.0. The lowest BCUT2D eigenvalue weighted by atomic mass is 9.88. The summed E-state index contributed by atoms with van der Waals surface area (Å²) in [6.45, 7) is 1.78. The molecule has 1 aromatic carbocycles. The van der Waals surface area contributed by atoms with Gasteiger partial charge in [0.05, 0.1) is 22.0 Å². The standard InChI is InChI=1S/C18H12ClN5O4/c1-8-15-16(11(7-20)17(21)28-18(15)23-22-8)14-5-4-13(27-14)10-3-2-9(19)6-12(10)24(25)26/h2-6,16H,21H2,1H3,(H,22,23). The number of nitrogens with two attached hydrogens (primary N) is 1. The first-order chi connectivity index (χ1) is 13.4. The van der Waals surface area contributed by atoms with Crippen molar-refractivity contribution in [1.82, 2.24) is 10.2 Å². The maximum atomic E-state index is 11.4. The van der Waals surface area contributed by atoms with Crippen molar-refractivity contribution in [3.8, 4) is 23.3 Å². The molecule has 1 aliphatic heterocycles. The third-order valence-corrected chi connectivity index (χ3v) is 4.70. The summed E-state index contributed by atoms with van der Waals surface area (Å²) in [5, 5.41) is 28.0. The number of fused-ring (bicyclic) bond motifs is 1. The molecule has 0 radical (unpaired) electrons. The van der Waals surface area contributed by atoms with Crippen molar-refractivity contribution in [2.45, 2.75) is 12.8 Å². The number of rotatable bonds is 3. The van der Waals surface area contributed by atoms with Crippen LogP contribution < -0.4 is 10.5 Å². The van der Waals surface area contributed by atoms with Gasteiger partial charge < -0.3 is 14.9 Å². The Balaban J connectivity index is 1.86. The highest BCUT2D eigenvalue weighted by Crippen LogP contribution is 2.44. The summed E-state index contributed by atoms with van der Waals surface area (Å²) in [5.41, 5.74) is 7.44.